The molecule has 1 aromatic carbocycles. The first-order valence-corrected chi connectivity index (χ1v) is 7.83. The average Bonchev–Trinajstić information content (AvgIpc) is 2.80. The van der Waals surface area contributed by atoms with Crippen LogP contribution < -0.4 is 5.32 Å². The molecule has 0 saturated heterocycles. The van der Waals surface area contributed by atoms with E-state index in [1.807, 2.05) is 0 Å². The Morgan fingerprint density at radius 3 is 2.74 bits per heavy atom. The van der Waals surface area contributed by atoms with E-state index in [0.29, 0.717) is 38.1 Å². The number of carboxylic acid groups (broad SMARTS) is 1. The van der Waals surface area contributed by atoms with Gasteiger partial charge in [0.15, 0.2) is 0 Å². The van der Waals surface area contributed by atoms with Crippen molar-refractivity contribution < 1.29 is 15.0 Å². The Balaban J connectivity index is 2.20. The van der Waals surface area contributed by atoms with Crippen molar-refractivity contribution in [2.45, 2.75) is 13.8 Å². The Hall–Kier alpha value is -2.38. The van der Waals surface area contributed by atoms with E-state index in [1.54, 1.807) is 26.0 Å². The largest absolute Gasteiger partial charge is 0.506 e. The molecule has 8 heteroatoms. The number of hydrogen-bond acceptors (Lipinski definition) is 6. The van der Waals surface area contributed by atoms with Crippen LogP contribution in [0, 0.1) is 13.8 Å². The van der Waals surface area contributed by atoms with Crippen molar-refractivity contribution in [3.8, 4) is 5.75 Å². The molecule has 0 spiro atoms. The number of thiophene rings is 1. The number of benzene rings is 1. The first-order valence-electron chi connectivity index (χ1n) is 6.63. The number of fused-ring (bicyclic) bond motifs is 1. The number of aromatic hydroxyl groups is 1. The summed E-state index contributed by atoms with van der Waals surface area (Å²) in [4.78, 5) is 20.8. The van der Waals surface area contributed by atoms with Crippen molar-refractivity contribution in [2.75, 3.05) is 5.32 Å². The lowest BCUT2D eigenvalue weighted by molar-refractivity contribution is 0.0701. The highest BCUT2D eigenvalue weighted by Gasteiger charge is 2.20. The van der Waals surface area contributed by atoms with Crippen LogP contribution in [0.4, 0.5) is 11.5 Å². The van der Waals surface area contributed by atoms with Crippen molar-refractivity contribution in [2.24, 2.45) is 0 Å². The van der Waals surface area contributed by atoms with E-state index in [2.05, 4.69) is 15.3 Å². The second-order valence-corrected chi connectivity index (χ2v) is 6.38. The summed E-state index contributed by atoms with van der Waals surface area (Å²) in [7, 11) is 0. The van der Waals surface area contributed by atoms with E-state index in [9.17, 15) is 15.0 Å². The number of anilines is 2. The third-order valence-corrected chi connectivity index (χ3v) is 4.72. The van der Waals surface area contributed by atoms with Gasteiger partial charge in [-0.1, -0.05) is 11.6 Å². The summed E-state index contributed by atoms with van der Waals surface area (Å²) in [6, 6.07) is 4.61. The van der Waals surface area contributed by atoms with E-state index in [-0.39, 0.29) is 10.6 Å². The number of phenols is 1. The zero-order valence-corrected chi connectivity index (χ0v) is 13.8. The topological polar surface area (TPSA) is 95.3 Å². The molecule has 0 atom stereocenters. The molecule has 0 fully saturated rings. The number of carboxylic acids is 1. The highest BCUT2D eigenvalue weighted by Crippen LogP contribution is 2.37. The van der Waals surface area contributed by atoms with Crippen LogP contribution in [-0.4, -0.2) is 26.2 Å². The number of nitrogens with zero attached hydrogens (tertiary/aromatic N) is 2. The molecular formula is C15H12ClN3O3S. The fourth-order valence-corrected chi connectivity index (χ4v) is 3.51. The highest BCUT2D eigenvalue weighted by atomic mass is 35.5. The summed E-state index contributed by atoms with van der Waals surface area (Å²) < 4.78 is 0. The molecule has 0 aliphatic rings. The molecule has 0 aliphatic carbocycles. The van der Waals surface area contributed by atoms with E-state index in [0.717, 1.165) is 11.3 Å². The molecule has 3 rings (SSSR count). The monoisotopic (exact) mass is 349 g/mol. The Kier molecular flexibility index (Phi) is 3.83. The molecule has 0 amide bonds. The van der Waals surface area contributed by atoms with Gasteiger partial charge in [0.2, 0.25) is 0 Å². The quantitative estimate of drug-likeness (QED) is 0.616. The number of hydrogen-bond donors (Lipinski definition) is 3. The molecule has 0 radical (unpaired) electrons. The van der Waals surface area contributed by atoms with Crippen molar-refractivity contribution in [3.63, 3.8) is 0 Å². The number of phenolic OH excluding ortho intramolecular Hbond substituents is 1. The molecule has 0 saturated carbocycles. The first-order chi connectivity index (χ1) is 10.9. The first kappa shape index (κ1) is 15.5. The molecule has 6 nitrogen and oxygen atoms in total. The number of halogens is 1. The van der Waals surface area contributed by atoms with Crippen LogP contribution in [0.5, 0.6) is 5.75 Å². The molecule has 0 aliphatic heterocycles. The summed E-state index contributed by atoms with van der Waals surface area (Å²) in [5.74, 6) is -0.0455. The zero-order chi connectivity index (χ0) is 16.7. The number of aromatic carboxylic acids is 1. The number of rotatable bonds is 3. The Labute approximate surface area is 140 Å². The van der Waals surface area contributed by atoms with Crippen molar-refractivity contribution in [1.82, 2.24) is 9.97 Å². The molecule has 118 valence electrons. The molecule has 2 heterocycles. The SMILES string of the molecule is Cc1nc(Nc2cc(Cl)ccc2O)c2c(C)c(C(=O)O)sc2n1. The van der Waals surface area contributed by atoms with Gasteiger partial charge < -0.3 is 15.5 Å². The van der Waals surface area contributed by atoms with Gasteiger partial charge in [0.05, 0.1) is 11.1 Å². The molecular weight excluding hydrogens is 338 g/mol. The summed E-state index contributed by atoms with van der Waals surface area (Å²) in [6.07, 6.45) is 0. The molecule has 3 aromatic rings. The Bertz CT molecular complexity index is 939. The molecule has 0 unspecified atom stereocenters. The van der Waals surface area contributed by atoms with Crippen LogP contribution in [0.3, 0.4) is 0 Å². The van der Waals surface area contributed by atoms with Crippen LogP contribution in [0.1, 0.15) is 21.1 Å². The number of aromatic nitrogens is 2. The van der Waals surface area contributed by atoms with Crippen LogP contribution >= 0.6 is 22.9 Å². The van der Waals surface area contributed by atoms with Gasteiger partial charge in [0.25, 0.3) is 0 Å². The highest BCUT2D eigenvalue weighted by molar-refractivity contribution is 7.20. The maximum atomic E-state index is 11.3. The predicted octanol–water partition coefficient (Wildman–Crippen LogP) is 4.11. The van der Waals surface area contributed by atoms with Gasteiger partial charge in [0, 0.05) is 5.02 Å². The van der Waals surface area contributed by atoms with Gasteiger partial charge in [-0.3, -0.25) is 0 Å². The number of nitrogens with one attached hydrogen (secondary N) is 1. The smallest absolute Gasteiger partial charge is 0.346 e. The minimum atomic E-state index is -1.00. The second kappa shape index (κ2) is 5.68. The van der Waals surface area contributed by atoms with E-state index >= 15 is 0 Å². The Morgan fingerprint density at radius 2 is 2.04 bits per heavy atom. The van der Waals surface area contributed by atoms with Crippen LogP contribution in [0.25, 0.3) is 10.2 Å². The third kappa shape index (κ3) is 2.80. The lowest BCUT2D eigenvalue weighted by Crippen LogP contribution is -1.99. The van der Waals surface area contributed by atoms with Gasteiger partial charge in [-0.25, -0.2) is 14.8 Å². The van der Waals surface area contributed by atoms with Crippen molar-refractivity contribution >= 4 is 50.6 Å². The third-order valence-electron chi connectivity index (χ3n) is 3.31. The van der Waals surface area contributed by atoms with E-state index < -0.39 is 5.97 Å². The predicted molar refractivity (Wildman–Crippen MR) is 90.2 cm³/mol. The molecule has 2 aromatic heterocycles. The van der Waals surface area contributed by atoms with Gasteiger partial charge >= 0.3 is 5.97 Å². The maximum absolute atomic E-state index is 11.3. The second-order valence-electron chi connectivity index (χ2n) is 4.95. The minimum Gasteiger partial charge on any atom is -0.506 e. The summed E-state index contributed by atoms with van der Waals surface area (Å²) in [5, 5.41) is 23.3. The van der Waals surface area contributed by atoms with Crippen LogP contribution in [-0.2, 0) is 0 Å². The lowest BCUT2D eigenvalue weighted by atomic mass is 10.2. The van der Waals surface area contributed by atoms with Gasteiger partial charge in [-0.05, 0) is 37.6 Å². The van der Waals surface area contributed by atoms with Gasteiger partial charge in [0.1, 0.15) is 27.1 Å². The lowest BCUT2D eigenvalue weighted by Gasteiger charge is -2.10. The zero-order valence-electron chi connectivity index (χ0n) is 12.2. The van der Waals surface area contributed by atoms with E-state index in [4.69, 9.17) is 11.6 Å². The summed E-state index contributed by atoms with van der Waals surface area (Å²) in [6.45, 7) is 3.43. The molecule has 3 N–H and O–H groups in total. The molecule has 23 heavy (non-hydrogen) atoms. The minimum absolute atomic E-state index is 0.0187. The van der Waals surface area contributed by atoms with Crippen LogP contribution in [0.2, 0.25) is 5.02 Å². The standard InChI is InChI=1S/C15H12ClN3O3S/c1-6-11-13(19-9-5-8(16)3-4-10(9)20)17-7(2)18-14(11)23-12(6)15(21)22/h3-5,20H,1-2H3,(H,21,22)(H,17,18,19). The van der Waals surface area contributed by atoms with Gasteiger partial charge in [-0.2, -0.15) is 0 Å². The number of carbonyl (C=O) groups is 1. The maximum Gasteiger partial charge on any atom is 0.346 e. The van der Waals surface area contributed by atoms with Crippen LogP contribution in [0.15, 0.2) is 18.2 Å². The normalized spacial score (nSPS) is 10.9. The number of aryl methyl sites for hydroxylation is 2. The average molecular weight is 350 g/mol. The Morgan fingerprint density at radius 1 is 1.30 bits per heavy atom. The van der Waals surface area contributed by atoms with Crippen molar-refractivity contribution in [3.05, 3.63) is 39.5 Å². The van der Waals surface area contributed by atoms with E-state index in [1.165, 1.54) is 6.07 Å². The van der Waals surface area contributed by atoms with Gasteiger partial charge in [-0.15, -0.1) is 11.3 Å². The summed E-state index contributed by atoms with van der Waals surface area (Å²) >= 11 is 7.05. The summed E-state index contributed by atoms with van der Waals surface area (Å²) in [5.41, 5.74) is 0.973. The fourth-order valence-electron chi connectivity index (χ4n) is 2.28. The fraction of sp³-hybridized carbons (Fsp3) is 0.133. The molecule has 0 bridgehead atoms. The van der Waals surface area contributed by atoms with Crippen molar-refractivity contribution in [1.29, 1.82) is 0 Å².